The average molecular weight is 258 g/mol. The van der Waals surface area contributed by atoms with Crippen LogP contribution in [0.5, 0.6) is 0 Å². The zero-order valence-corrected chi connectivity index (χ0v) is 9.94. The lowest BCUT2D eigenvalue weighted by Crippen LogP contribution is -2.33. The van der Waals surface area contributed by atoms with Gasteiger partial charge in [0.1, 0.15) is 11.9 Å². The number of rotatable bonds is 2. The maximum Gasteiger partial charge on any atom is 0.153 e. The second-order valence-electron chi connectivity index (χ2n) is 4.19. The van der Waals surface area contributed by atoms with Gasteiger partial charge in [-0.2, -0.15) is 0 Å². The first-order valence-electron chi connectivity index (χ1n) is 5.33. The molecule has 2 rings (SSSR count). The Kier molecular flexibility index (Phi) is 3.39. The van der Waals surface area contributed by atoms with E-state index in [2.05, 4.69) is 0 Å². The molecule has 0 aromatic heterocycles. The van der Waals surface area contributed by atoms with Gasteiger partial charge in [-0.3, -0.25) is 0 Å². The third-order valence-corrected chi connectivity index (χ3v) is 6.93. The number of benzene rings is 1. The van der Waals surface area contributed by atoms with E-state index in [9.17, 15) is 25.0 Å². The Morgan fingerprint density at radius 1 is 1.06 bits per heavy atom. The molecule has 1 aliphatic heterocycles. The minimum atomic E-state index is -3.43. The van der Waals surface area contributed by atoms with E-state index in [0.29, 0.717) is 5.30 Å². The first kappa shape index (κ1) is 12.7. The topological polar surface area (TPSA) is 98.0 Å². The van der Waals surface area contributed by atoms with Crippen molar-refractivity contribution in [1.29, 1.82) is 0 Å². The number of aliphatic hydroxyl groups excluding tert-OH is 4. The summed E-state index contributed by atoms with van der Waals surface area (Å²) >= 11 is 0. The van der Waals surface area contributed by atoms with Gasteiger partial charge in [-0.1, -0.05) is 30.3 Å². The zero-order chi connectivity index (χ0) is 12.6. The molecule has 4 N–H and O–H groups in total. The molecule has 1 aromatic carbocycles. The van der Waals surface area contributed by atoms with Gasteiger partial charge in [0.2, 0.25) is 0 Å². The van der Waals surface area contributed by atoms with Crippen molar-refractivity contribution in [2.45, 2.75) is 23.7 Å². The summed E-state index contributed by atoms with van der Waals surface area (Å²) in [5.74, 6) is -1.53. The summed E-state index contributed by atoms with van der Waals surface area (Å²) in [5, 5.41) is 38.7. The van der Waals surface area contributed by atoms with E-state index in [4.69, 9.17) is 0 Å². The van der Waals surface area contributed by atoms with Crippen LogP contribution in [0, 0.1) is 0 Å². The second-order valence-corrected chi connectivity index (χ2v) is 7.32. The van der Waals surface area contributed by atoms with Crippen LogP contribution in [0.4, 0.5) is 0 Å². The minimum Gasteiger partial charge on any atom is -0.395 e. The van der Waals surface area contributed by atoms with Crippen LogP contribution < -0.4 is 5.30 Å². The Morgan fingerprint density at radius 3 is 2.18 bits per heavy atom. The quantitative estimate of drug-likeness (QED) is 0.515. The molecule has 0 amide bonds. The molecule has 1 saturated heterocycles. The largest absolute Gasteiger partial charge is 0.395 e. The van der Waals surface area contributed by atoms with Gasteiger partial charge in [0.15, 0.2) is 7.14 Å². The third-order valence-electron chi connectivity index (χ3n) is 3.28. The fraction of sp³-hybridized carbons (Fsp3) is 0.455. The van der Waals surface area contributed by atoms with Crippen LogP contribution >= 0.6 is 7.14 Å². The van der Waals surface area contributed by atoms with Gasteiger partial charge >= 0.3 is 0 Å². The smallest absolute Gasteiger partial charge is 0.153 e. The summed E-state index contributed by atoms with van der Waals surface area (Å²) in [7, 11) is -3.43. The van der Waals surface area contributed by atoms with Gasteiger partial charge in [-0.05, 0) is 0 Å². The molecular weight excluding hydrogens is 243 g/mol. The number of hydrogen-bond donors (Lipinski definition) is 4. The first-order chi connectivity index (χ1) is 8.03. The van der Waals surface area contributed by atoms with Crippen LogP contribution in [-0.2, 0) is 4.57 Å². The Bertz CT molecular complexity index is 435. The van der Waals surface area contributed by atoms with Gasteiger partial charge in [0.25, 0.3) is 0 Å². The van der Waals surface area contributed by atoms with E-state index < -0.39 is 37.5 Å². The number of aliphatic hydroxyl groups is 4. The van der Waals surface area contributed by atoms with Crippen LogP contribution in [-0.4, -0.2) is 50.7 Å². The third kappa shape index (κ3) is 1.75. The Labute approximate surface area is 98.7 Å². The monoisotopic (exact) mass is 258 g/mol. The molecule has 94 valence electrons. The van der Waals surface area contributed by atoms with Crippen LogP contribution in [0.1, 0.15) is 0 Å². The van der Waals surface area contributed by atoms with E-state index >= 15 is 0 Å². The molecule has 0 aliphatic carbocycles. The molecule has 1 unspecified atom stereocenters. The molecule has 5 atom stereocenters. The molecular formula is C11H15O5P. The van der Waals surface area contributed by atoms with Crippen molar-refractivity contribution in [3.05, 3.63) is 30.3 Å². The van der Waals surface area contributed by atoms with E-state index in [1.807, 2.05) is 0 Å². The predicted molar refractivity (Wildman–Crippen MR) is 62.6 cm³/mol. The number of hydrogen-bond acceptors (Lipinski definition) is 5. The molecule has 0 saturated carbocycles. The van der Waals surface area contributed by atoms with Crippen LogP contribution in [0.3, 0.4) is 0 Å². The highest BCUT2D eigenvalue weighted by Crippen LogP contribution is 2.60. The van der Waals surface area contributed by atoms with Crippen molar-refractivity contribution in [2.24, 2.45) is 0 Å². The molecule has 17 heavy (non-hydrogen) atoms. The first-order valence-corrected chi connectivity index (χ1v) is 7.18. The van der Waals surface area contributed by atoms with E-state index in [1.165, 1.54) is 0 Å². The molecule has 5 nitrogen and oxygen atoms in total. The van der Waals surface area contributed by atoms with Crippen molar-refractivity contribution >= 4 is 12.4 Å². The molecule has 0 bridgehead atoms. The Balaban J connectivity index is 2.52. The average Bonchev–Trinajstić information content (AvgIpc) is 2.53. The maximum atomic E-state index is 12.8. The summed E-state index contributed by atoms with van der Waals surface area (Å²) < 4.78 is 12.8. The summed E-state index contributed by atoms with van der Waals surface area (Å²) in [6, 6.07) is 8.19. The van der Waals surface area contributed by atoms with Crippen LogP contribution in [0.15, 0.2) is 30.3 Å². The molecule has 1 aromatic rings. The molecule has 1 heterocycles. The summed E-state index contributed by atoms with van der Waals surface area (Å²) in [5.41, 5.74) is -1.02. The predicted octanol–water partition coefficient (Wildman–Crippen LogP) is -0.910. The maximum absolute atomic E-state index is 12.8. The van der Waals surface area contributed by atoms with E-state index in [0.717, 1.165) is 0 Å². The highest BCUT2D eigenvalue weighted by molar-refractivity contribution is 7.73. The SMILES string of the molecule is O=P1(c2ccccc2)[C@H](O)[C@H](O)[C@@H](O)[C@H]1CO. The summed E-state index contributed by atoms with van der Waals surface area (Å²) in [6.07, 6.45) is -2.86. The van der Waals surface area contributed by atoms with E-state index in [-0.39, 0.29) is 0 Å². The fourth-order valence-corrected chi connectivity index (χ4v) is 5.51. The normalized spacial score (nSPS) is 41.6. The molecule has 0 radical (unpaired) electrons. The lowest BCUT2D eigenvalue weighted by molar-refractivity contribution is -0.0185. The van der Waals surface area contributed by atoms with Crippen LogP contribution in [0.25, 0.3) is 0 Å². The Morgan fingerprint density at radius 2 is 1.65 bits per heavy atom. The van der Waals surface area contributed by atoms with Gasteiger partial charge in [0.05, 0.1) is 18.4 Å². The summed E-state index contributed by atoms with van der Waals surface area (Å²) in [4.78, 5) is 0. The highest BCUT2D eigenvalue weighted by Gasteiger charge is 2.57. The molecule has 0 spiro atoms. The van der Waals surface area contributed by atoms with E-state index in [1.54, 1.807) is 30.3 Å². The zero-order valence-electron chi connectivity index (χ0n) is 9.05. The summed E-state index contributed by atoms with van der Waals surface area (Å²) in [6.45, 7) is -0.540. The van der Waals surface area contributed by atoms with Gasteiger partial charge in [-0.15, -0.1) is 0 Å². The Hall–Kier alpha value is -0.710. The van der Waals surface area contributed by atoms with Crippen LogP contribution in [0.2, 0.25) is 0 Å². The van der Waals surface area contributed by atoms with Crippen molar-refractivity contribution in [1.82, 2.24) is 0 Å². The van der Waals surface area contributed by atoms with Gasteiger partial charge in [-0.25, -0.2) is 0 Å². The lowest BCUT2D eigenvalue weighted by Gasteiger charge is -2.22. The van der Waals surface area contributed by atoms with Crippen molar-refractivity contribution in [3.8, 4) is 0 Å². The molecule has 1 fully saturated rings. The minimum absolute atomic E-state index is 0.363. The van der Waals surface area contributed by atoms with Crippen molar-refractivity contribution in [2.75, 3.05) is 6.61 Å². The van der Waals surface area contributed by atoms with Gasteiger partial charge in [0, 0.05) is 5.30 Å². The van der Waals surface area contributed by atoms with Crippen molar-refractivity contribution in [3.63, 3.8) is 0 Å². The lowest BCUT2D eigenvalue weighted by atomic mass is 10.1. The second kappa shape index (κ2) is 4.52. The van der Waals surface area contributed by atoms with Gasteiger partial charge < -0.3 is 25.0 Å². The standard InChI is InChI=1S/C11H15O5P/c12-6-8-9(13)10(14)11(15)17(8,16)7-4-2-1-3-5-7/h1-5,8-15H,6H2/t8-,9+,10-,11+,17?/m1/s1. The highest BCUT2D eigenvalue weighted by atomic mass is 31.2. The fourth-order valence-electron chi connectivity index (χ4n) is 2.29. The molecule has 6 heteroatoms. The molecule has 1 aliphatic rings. The van der Waals surface area contributed by atoms with Crippen molar-refractivity contribution < 1.29 is 25.0 Å².